The lowest BCUT2D eigenvalue weighted by atomic mass is 10.2. The average molecular weight is 443 g/mol. The van der Waals surface area contributed by atoms with Gasteiger partial charge in [0.25, 0.3) is 0 Å². The Kier molecular flexibility index (Phi) is 8.42. The normalized spacial score (nSPS) is 11.5. The summed E-state index contributed by atoms with van der Waals surface area (Å²) in [5, 5.41) is 6.40. The number of guanidine groups is 1. The number of aromatic nitrogens is 2. The summed E-state index contributed by atoms with van der Waals surface area (Å²) in [5.74, 6) is 1.99. The molecule has 170 valence electrons. The summed E-state index contributed by atoms with van der Waals surface area (Å²) >= 11 is 0. The summed E-state index contributed by atoms with van der Waals surface area (Å²) in [4.78, 5) is 8.95. The number of methoxy groups -OCH3 is 1. The second-order valence-corrected chi connectivity index (χ2v) is 6.86. The van der Waals surface area contributed by atoms with E-state index >= 15 is 0 Å². The van der Waals surface area contributed by atoms with Crippen molar-refractivity contribution < 1.29 is 18.3 Å². The van der Waals surface area contributed by atoms with Crippen LogP contribution in [0.4, 0.5) is 8.78 Å². The fraction of sp³-hybridized carbons (Fsp3) is 0.304. The van der Waals surface area contributed by atoms with Crippen LogP contribution in [0.1, 0.15) is 23.9 Å². The number of aliphatic imine (C=N–C) groups is 1. The van der Waals surface area contributed by atoms with Crippen LogP contribution in [0.3, 0.4) is 0 Å². The molecule has 0 saturated carbocycles. The minimum atomic E-state index is -2.92. The van der Waals surface area contributed by atoms with Gasteiger partial charge in [-0.1, -0.05) is 30.3 Å². The molecule has 0 aliphatic rings. The lowest BCUT2D eigenvalue weighted by Crippen LogP contribution is -2.37. The molecule has 3 rings (SSSR count). The summed E-state index contributed by atoms with van der Waals surface area (Å²) in [6.45, 7) is 0.967. The van der Waals surface area contributed by atoms with Crippen molar-refractivity contribution in [3.05, 3.63) is 77.9 Å². The van der Waals surface area contributed by atoms with E-state index in [1.807, 2.05) is 31.3 Å². The van der Waals surface area contributed by atoms with Crippen LogP contribution in [-0.4, -0.2) is 35.8 Å². The third-order valence-electron chi connectivity index (χ3n) is 4.65. The Morgan fingerprint density at radius 1 is 1.16 bits per heavy atom. The molecule has 7 nitrogen and oxygen atoms in total. The molecule has 0 aliphatic carbocycles. The Hall–Kier alpha value is -3.62. The van der Waals surface area contributed by atoms with Crippen molar-refractivity contribution in [1.29, 1.82) is 0 Å². The molecule has 3 aromatic rings. The van der Waals surface area contributed by atoms with E-state index in [0.29, 0.717) is 36.9 Å². The van der Waals surface area contributed by atoms with Gasteiger partial charge < -0.3 is 24.7 Å². The smallest absolute Gasteiger partial charge is 0.387 e. The molecular formula is C23H27F2N5O2. The van der Waals surface area contributed by atoms with E-state index in [1.54, 1.807) is 18.3 Å². The number of hydrogen-bond donors (Lipinski definition) is 2. The van der Waals surface area contributed by atoms with Crippen LogP contribution in [0, 0.1) is 0 Å². The number of ether oxygens (including phenoxy) is 2. The molecule has 0 fully saturated rings. The van der Waals surface area contributed by atoms with Crippen LogP contribution in [-0.2, 0) is 19.6 Å². The predicted molar refractivity (Wildman–Crippen MR) is 119 cm³/mol. The average Bonchev–Trinajstić information content (AvgIpc) is 3.23. The molecule has 0 saturated heterocycles. The van der Waals surface area contributed by atoms with Crippen LogP contribution in [0.2, 0.25) is 0 Å². The number of halogens is 2. The first-order chi connectivity index (χ1) is 15.6. The highest BCUT2D eigenvalue weighted by Gasteiger charge is 2.12. The van der Waals surface area contributed by atoms with E-state index in [9.17, 15) is 8.78 Å². The fourth-order valence-corrected chi connectivity index (χ4v) is 3.12. The maximum Gasteiger partial charge on any atom is 0.387 e. The third-order valence-corrected chi connectivity index (χ3v) is 4.65. The monoisotopic (exact) mass is 443 g/mol. The fourth-order valence-electron chi connectivity index (χ4n) is 3.12. The zero-order valence-corrected chi connectivity index (χ0v) is 18.1. The second-order valence-electron chi connectivity index (χ2n) is 6.86. The maximum absolute atomic E-state index is 12.8. The van der Waals surface area contributed by atoms with Gasteiger partial charge in [0.1, 0.15) is 17.3 Å². The lowest BCUT2D eigenvalue weighted by molar-refractivity contribution is -0.0504. The van der Waals surface area contributed by atoms with E-state index in [4.69, 9.17) is 4.74 Å². The Labute approximate surface area is 186 Å². The van der Waals surface area contributed by atoms with Crippen molar-refractivity contribution in [3.63, 3.8) is 0 Å². The van der Waals surface area contributed by atoms with E-state index < -0.39 is 6.61 Å². The standard InChI is InChI=1S/C23H27F2N5O2/c1-3-26-23(28-14-18-13-19(31-2)9-10-20(18)32-22(24)25)29-15-21-27-11-12-30(21)16-17-7-5-4-6-8-17/h4-13,22H,3,14-16H2,1-2H3,(H2,26,28,29). The second kappa shape index (κ2) is 11.7. The van der Waals surface area contributed by atoms with Crippen LogP contribution >= 0.6 is 0 Å². The van der Waals surface area contributed by atoms with Crippen molar-refractivity contribution in [2.75, 3.05) is 13.7 Å². The van der Waals surface area contributed by atoms with E-state index in [0.717, 1.165) is 5.82 Å². The summed E-state index contributed by atoms with van der Waals surface area (Å²) in [5.41, 5.74) is 1.67. The first kappa shape index (κ1) is 23.1. The zero-order chi connectivity index (χ0) is 22.8. The predicted octanol–water partition coefficient (Wildman–Crippen LogP) is 3.80. The number of nitrogens with one attached hydrogen (secondary N) is 2. The maximum atomic E-state index is 12.8. The zero-order valence-electron chi connectivity index (χ0n) is 18.1. The van der Waals surface area contributed by atoms with Crippen LogP contribution in [0.15, 0.2) is 65.9 Å². The van der Waals surface area contributed by atoms with Gasteiger partial charge in [0.05, 0.1) is 20.2 Å². The third kappa shape index (κ3) is 6.69. The van der Waals surface area contributed by atoms with Crippen molar-refractivity contribution in [2.45, 2.75) is 33.2 Å². The van der Waals surface area contributed by atoms with Gasteiger partial charge >= 0.3 is 6.61 Å². The number of alkyl halides is 2. The highest BCUT2D eigenvalue weighted by Crippen LogP contribution is 2.26. The van der Waals surface area contributed by atoms with E-state index in [2.05, 4.69) is 42.0 Å². The summed E-state index contributed by atoms with van der Waals surface area (Å²) < 4.78 is 37.4. The topological polar surface area (TPSA) is 72.7 Å². The van der Waals surface area contributed by atoms with Gasteiger partial charge in [-0.05, 0) is 30.7 Å². The molecule has 1 heterocycles. The number of benzene rings is 2. The van der Waals surface area contributed by atoms with Gasteiger partial charge in [-0.25, -0.2) is 9.98 Å². The molecule has 9 heteroatoms. The molecule has 0 spiro atoms. The Morgan fingerprint density at radius 2 is 1.97 bits per heavy atom. The molecular weight excluding hydrogens is 416 g/mol. The first-order valence-corrected chi connectivity index (χ1v) is 10.3. The SMILES string of the molecule is CCNC(=NCc1cc(OC)ccc1OC(F)F)NCc1nccn1Cc1ccccc1. The number of nitrogens with zero attached hydrogens (tertiary/aromatic N) is 3. The molecule has 0 bridgehead atoms. The highest BCUT2D eigenvalue weighted by atomic mass is 19.3. The lowest BCUT2D eigenvalue weighted by Gasteiger charge is -2.14. The van der Waals surface area contributed by atoms with Crippen LogP contribution in [0.5, 0.6) is 11.5 Å². The van der Waals surface area contributed by atoms with Crippen molar-refractivity contribution in [2.24, 2.45) is 4.99 Å². The number of imidazole rings is 1. The molecule has 0 unspecified atom stereocenters. The van der Waals surface area contributed by atoms with Crippen LogP contribution < -0.4 is 20.1 Å². The van der Waals surface area contributed by atoms with Crippen molar-refractivity contribution >= 4 is 5.96 Å². The van der Waals surface area contributed by atoms with E-state index in [1.165, 1.54) is 18.7 Å². The Balaban J connectivity index is 1.70. The van der Waals surface area contributed by atoms with E-state index in [-0.39, 0.29) is 12.3 Å². The minimum Gasteiger partial charge on any atom is -0.497 e. The Morgan fingerprint density at radius 3 is 2.69 bits per heavy atom. The van der Waals surface area contributed by atoms with Gasteiger partial charge in [-0.2, -0.15) is 8.78 Å². The molecule has 1 aromatic heterocycles. The molecule has 2 N–H and O–H groups in total. The first-order valence-electron chi connectivity index (χ1n) is 10.3. The number of rotatable bonds is 10. The molecule has 0 amide bonds. The number of hydrogen-bond acceptors (Lipinski definition) is 4. The van der Waals surface area contributed by atoms with Crippen LogP contribution in [0.25, 0.3) is 0 Å². The minimum absolute atomic E-state index is 0.0683. The molecule has 2 aromatic carbocycles. The summed E-state index contributed by atoms with van der Waals surface area (Å²) in [6.07, 6.45) is 3.69. The van der Waals surface area contributed by atoms with Gasteiger partial charge in [0.2, 0.25) is 0 Å². The van der Waals surface area contributed by atoms with Gasteiger partial charge in [-0.15, -0.1) is 0 Å². The molecule has 0 aliphatic heterocycles. The van der Waals surface area contributed by atoms with Gasteiger partial charge in [0.15, 0.2) is 5.96 Å². The summed E-state index contributed by atoms with van der Waals surface area (Å²) in [7, 11) is 1.51. The molecule has 32 heavy (non-hydrogen) atoms. The largest absolute Gasteiger partial charge is 0.497 e. The highest BCUT2D eigenvalue weighted by molar-refractivity contribution is 5.79. The van der Waals surface area contributed by atoms with Gasteiger partial charge in [0, 0.05) is 31.0 Å². The quantitative estimate of drug-likeness (QED) is 0.368. The summed E-state index contributed by atoms with van der Waals surface area (Å²) in [6, 6.07) is 14.8. The molecule has 0 radical (unpaired) electrons. The van der Waals surface area contributed by atoms with Gasteiger partial charge in [-0.3, -0.25) is 0 Å². The Bertz CT molecular complexity index is 1010. The van der Waals surface area contributed by atoms with Crippen molar-refractivity contribution in [3.8, 4) is 11.5 Å². The van der Waals surface area contributed by atoms with Crippen molar-refractivity contribution in [1.82, 2.24) is 20.2 Å². The molecule has 0 atom stereocenters.